The van der Waals surface area contributed by atoms with Crippen molar-refractivity contribution in [3.63, 3.8) is 0 Å². The first-order chi connectivity index (χ1) is 9.21. The molecule has 1 aromatic rings. The van der Waals surface area contributed by atoms with E-state index < -0.39 is 0 Å². The minimum Gasteiger partial charge on any atom is -0.479 e. The van der Waals surface area contributed by atoms with Crippen molar-refractivity contribution in [2.75, 3.05) is 14.2 Å². The van der Waals surface area contributed by atoms with E-state index in [1.165, 1.54) is 38.8 Å². The molecule has 1 aliphatic carbocycles. The molecule has 0 bridgehead atoms. The van der Waals surface area contributed by atoms with E-state index in [-0.39, 0.29) is 11.3 Å². The number of hydrogen-bond acceptors (Lipinski definition) is 5. The van der Waals surface area contributed by atoms with Crippen molar-refractivity contribution in [3.05, 3.63) is 18.1 Å². The smallest absolute Gasteiger partial charge is 0.243 e. The number of ether oxygens (including phenoxy) is 1. The van der Waals surface area contributed by atoms with Crippen LogP contribution in [0.15, 0.2) is 12.4 Å². The number of aromatic nitrogens is 2. The molecule has 0 spiro atoms. The van der Waals surface area contributed by atoms with Gasteiger partial charge in [-0.25, -0.2) is 9.97 Å². The van der Waals surface area contributed by atoms with Crippen LogP contribution in [0.25, 0.3) is 0 Å². The lowest BCUT2D eigenvalue weighted by Crippen LogP contribution is -2.46. The van der Waals surface area contributed by atoms with Crippen molar-refractivity contribution < 1.29 is 9.53 Å². The second-order valence-corrected chi connectivity index (χ2v) is 5.11. The van der Waals surface area contributed by atoms with Crippen molar-refractivity contribution in [1.29, 1.82) is 0 Å². The Labute approximate surface area is 113 Å². The molecule has 0 unspecified atom stereocenters. The number of carbonyl (C=O) groups is 1. The largest absolute Gasteiger partial charge is 0.479 e. The van der Waals surface area contributed by atoms with Crippen LogP contribution in [0.5, 0.6) is 5.88 Å². The van der Waals surface area contributed by atoms with Crippen LogP contribution in [0.3, 0.4) is 0 Å². The van der Waals surface area contributed by atoms with Gasteiger partial charge in [0.25, 0.3) is 0 Å². The molecule has 19 heavy (non-hydrogen) atoms. The fourth-order valence-electron chi connectivity index (χ4n) is 2.80. The fourth-order valence-corrected chi connectivity index (χ4v) is 2.80. The number of rotatable bonds is 5. The first-order valence-electron chi connectivity index (χ1n) is 6.78. The average molecular weight is 263 g/mol. The molecule has 1 fully saturated rings. The third kappa shape index (κ3) is 3.10. The summed E-state index contributed by atoms with van der Waals surface area (Å²) in [4.78, 5) is 20.6. The normalized spacial score (nSPS) is 18.0. The molecule has 1 aliphatic rings. The van der Waals surface area contributed by atoms with E-state index in [9.17, 15) is 4.79 Å². The van der Waals surface area contributed by atoms with E-state index in [0.29, 0.717) is 18.0 Å². The standard InChI is InChI=1S/C14H21N3O2/c1-15-14(6-4-3-5-7-14)10-11(18)12-13(19-2)17-9-8-16-12/h8-9,15H,3-7,10H2,1-2H3. The van der Waals surface area contributed by atoms with Gasteiger partial charge in [-0.3, -0.25) is 4.79 Å². The fraction of sp³-hybridized carbons (Fsp3) is 0.643. The van der Waals surface area contributed by atoms with E-state index in [0.717, 1.165) is 12.8 Å². The maximum absolute atomic E-state index is 12.4. The van der Waals surface area contributed by atoms with E-state index in [2.05, 4.69) is 15.3 Å². The predicted molar refractivity (Wildman–Crippen MR) is 72.4 cm³/mol. The second kappa shape index (κ2) is 6.10. The van der Waals surface area contributed by atoms with Gasteiger partial charge in [0, 0.05) is 24.4 Å². The zero-order chi connectivity index (χ0) is 13.7. The molecule has 0 saturated heterocycles. The highest BCUT2D eigenvalue weighted by Gasteiger charge is 2.34. The molecule has 104 valence electrons. The Bertz CT molecular complexity index is 442. The Balaban J connectivity index is 2.15. The summed E-state index contributed by atoms with van der Waals surface area (Å²) in [5, 5.41) is 3.35. The van der Waals surface area contributed by atoms with Crippen molar-refractivity contribution in [1.82, 2.24) is 15.3 Å². The zero-order valence-corrected chi connectivity index (χ0v) is 11.6. The molecule has 2 rings (SSSR count). The monoisotopic (exact) mass is 263 g/mol. The van der Waals surface area contributed by atoms with Crippen LogP contribution in [0, 0.1) is 0 Å². The van der Waals surface area contributed by atoms with Crippen LogP contribution in [-0.4, -0.2) is 35.4 Å². The molecule has 1 heterocycles. The summed E-state index contributed by atoms with van der Waals surface area (Å²) >= 11 is 0. The lowest BCUT2D eigenvalue weighted by Gasteiger charge is -2.36. The van der Waals surface area contributed by atoms with Crippen LogP contribution in [0.2, 0.25) is 0 Å². The molecule has 0 radical (unpaired) electrons. The van der Waals surface area contributed by atoms with Crippen LogP contribution >= 0.6 is 0 Å². The summed E-state index contributed by atoms with van der Waals surface area (Å²) in [5.74, 6) is 0.316. The number of methoxy groups -OCH3 is 1. The van der Waals surface area contributed by atoms with Gasteiger partial charge in [-0.1, -0.05) is 19.3 Å². The third-order valence-electron chi connectivity index (χ3n) is 3.96. The lowest BCUT2D eigenvalue weighted by atomic mass is 9.78. The minimum absolute atomic E-state index is 0.00111. The van der Waals surface area contributed by atoms with Gasteiger partial charge in [0.2, 0.25) is 5.88 Å². The maximum atomic E-state index is 12.4. The summed E-state index contributed by atoms with van der Waals surface area (Å²) < 4.78 is 5.11. The Kier molecular flexibility index (Phi) is 4.47. The number of nitrogens with one attached hydrogen (secondary N) is 1. The first kappa shape index (κ1) is 13.9. The molecule has 0 aromatic carbocycles. The van der Waals surface area contributed by atoms with Crippen molar-refractivity contribution in [3.8, 4) is 5.88 Å². The van der Waals surface area contributed by atoms with Crippen molar-refractivity contribution >= 4 is 5.78 Å². The summed E-state index contributed by atoms with van der Waals surface area (Å²) in [5.41, 5.74) is 0.253. The van der Waals surface area contributed by atoms with Gasteiger partial charge in [0.05, 0.1) is 7.11 Å². The highest BCUT2D eigenvalue weighted by molar-refractivity contribution is 5.96. The molecule has 1 saturated carbocycles. The van der Waals surface area contributed by atoms with Crippen molar-refractivity contribution in [2.45, 2.75) is 44.1 Å². The molecule has 1 aromatic heterocycles. The molecule has 0 atom stereocenters. The van der Waals surface area contributed by atoms with Crippen LogP contribution in [0.1, 0.15) is 49.0 Å². The quantitative estimate of drug-likeness (QED) is 0.823. The SMILES string of the molecule is CNC1(CC(=O)c2nccnc2OC)CCCCC1. The summed E-state index contributed by atoms with van der Waals surface area (Å²) in [6, 6.07) is 0. The lowest BCUT2D eigenvalue weighted by molar-refractivity contribution is 0.0905. The van der Waals surface area contributed by atoms with E-state index in [1.807, 2.05) is 7.05 Å². The molecule has 5 nitrogen and oxygen atoms in total. The van der Waals surface area contributed by atoms with Gasteiger partial charge in [-0.05, 0) is 19.9 Å². The van der Waals surface area contributed by atoms with Gasteiger partial charge in [-0.15, -0.1) is 0 Å². The first-order valence-corrected chi connectivity index (χ1v) is 6.78. The van der Waals surface area contributed by atoms with Crippen LogP contribution in [0.4, 0.5) is 0 Å². The average Bonchev–Trinajstić information content (AvgIpc) is 2.48. The molecule has 1 N–H and O–H groups in total. The van der Waals surface area contributed by atoms with Crippen LogP contribution < -0.4 is 10.1 Å². The molecule has 5 heteroatoms. The summed E-state index contributed by atoms with van der Waals surface area (Å²) in [6.07, 6.45) is 9.20. The number of hydrogen-bond donors (Lipinski definition) is 1. The van der Waals surface area contributed by atoms with Crippen LogP contribution in [-0.2, 0) is 0 Å². The Hall–Kier alpha value is -1.49. The van der Waals surface area contributed by atoms with Gasteiger partial charge in [0.1, 0.15) is 0 Å². The molecule has 0 aliphatic heterocycles. The van der Waals surface area contributed by atoms with Gasteiger partial charge in [0.15, 0.2) is 11.5 Å². The third-order valence-corrected chi connectivity index (χ3v) is 3.96. The second-order valence-electron chi connectivity index (χ2n) is 5.11. The number of Topliss-reactive ketones (excluding diaryl/α,β-unsaturated/α-hetero) is 1. The highest BCUT2D eigenvalue weighted by atomic mass is 16.5. The number of nitrogens with zero attached hydrogens (tertiary/aromatic N) is 2. The molecule has 0 amide bonds. The number of carbonyl (C=O) groups excluding carboxylic acids is 1. The van der Waals surface area contributed by atoms with Gasteiger partial charge < -0.3 is 10.1 Å². The predicted octanol–water partition coefficient (Wildman–Crippen LogP) is 1.98. The topological polar surface area (TPSA) is 64.1 Å². The van der Waals surface area contributed by atoms with E-state index in [1.54, 1.807) is 0 Å². The Morgan fingerprint density at radius 3 is 2.63 bits per heavy atom. The van der Waals surface area contributed by atoms with Gasteiger partial charge >= 0.3 is 0 Å². The van der Waals surface area contributed by atoms with E-state index >= 15 is 0 Å². The summed E-state index contributed by atoms with van der Waals surface area (Å²) in [6.45, 7) is 0. The summed E-state index contributed by atoms with van der Waals surface area (Å²) in [7, 11) is 3.45. The van der Waals surface area contributed by atoms with Gasteiger partial charge in [-0.2, -0.15) is 0 Å². The maximum Gasteiger partial charge on any atom is 0.243 e. The minimum atomic E-state index is -0.0855. The Morgan fingerprint density at radius 1 is 1.32 bits per heavy atom. The zero-order valence-electron chi connectivity index (χ0n) is 11.6. The molecular weight excluding hydrogens is 242 g/mol. The van der Waals surface area contributed by atoms with Crippen molar-refractivity contribution in [2.24, 2.45) is 0 Å². The van der Waals surface area contributed by atoms with E-state index in [4.69, 9.17) is 4.74 Å². The molecular formula is C14H21N3O2. The Morgan fingerprint density at radius 2 is 2.00 bits per heavy atom. The highest BCUT2D eigenvalue weighted by Crippen LogP contribution is 2.32. The number of ketones is 1.